The Hall–Kier alpha value is -0.380. The molecule has 1 N–H and O–H groups in total. The van der Waals surface area contributed by atoms with Crippen LogP contribution in [0.2, 0.25) is 0 Å². The standard InChI is InChI=1S/C18H30BrNO/c1-15(2)6-4-8-17(14-20-10-11-21-3)12-16-7-5-9-18(19)13-16/h5,7,9,13,15,17,20H,4,6,8,10-12,14H2,1-3H3. The second-order valence-corrected chi connectivity index (χ2v) is 7.14. The first-order valence-electron chi connectivity index (χ1n) is 8.06. The van der Waals surface area contributed by atoms with Crippen LogP contribution in [-0.2, 0) is 11.2 Å². The van der Waals surface area contributed by atoms with E-state index in [9.17, 15) is 0 Å². The van der Waals surface area contributed by atoms with Crippen LogP contribution in [0.5, 0.6) is 0 Å². The molecule has 1 rings (SSSR count). The van der Waals surface area contributed by atoms with Gasteiger partial charge in [-0.15, -0.1) is 0 Å². The zero-order valence-electron chi connectivity index (χ0n) is 13.7. The van der Waals surface area contributed by atoms with Crippen LogP contribution in [-0.4, -0.2) is 26.8 Å². The van der Waals surface area contributed by atoms with Crippen molar-refractivity contribution >= 4 is 15.9 Å². The molecule has 1 unspecified atom stereocenters. The maximum Gasteiger partial charge on any atom is 0.0587 e. The SMILES string of the molecule is COCCNCC(CCCC(C)C)Cc1cccc(Br)c1. The van der Waals surface area contributed by atoms with E-state index in [0.717, 1.165) is 32.0 Å². The number of nitrogens with one attached hydrogen (secondary N) is 1. The van der Waals surface area contributed by atoms with Gasteiger partial charge in [-0.1, -0.05) is 54.8 Å². The van der Waals surface area contributed by atoms with Crippen LogP contribution in [0.15, 0.2) is 28.7 Å². The Labute approximate surface area is 138 Å². The molecule has 2 nitrogen and oxygen atoms in total. The fraction of sp³-hybridized carbons (Fsp3) is 0.667. The van der Waals surface area contributed by atoms with Gasteiger partial charge in [-0.2, -0.15) is 0 Å². The molecule has 1 atom stereocenters. The lowest BCUT2D eigenvalue weighted by Crippen LogP contribution is -2.27. The van der Waals surface area contributed by atoms with Gasteiger partial charge in [0.2, 0.25) is 0 Å². The summed E-state index contributed by atoms with van der Waals surface area (Å²) in [5, 5.41) is 3.52. The number of benzene rings is 1. The molecule has 0 amide bonds. The highest BCUT2D eigenvalue weighted by Crippen LogP contribution is 2.19. The molecule has 0 aliphatic rings. The van der Waals surface area contributed by atoms with Gasteiger partial charge in [0, 0.05) is 18.1 Å². The highest BCUT2D eigenvalue weighted by molar-refractivity contribution is 9.10. The largest absolute Gasteiger partial charge is 0.383 e. The first kappa shape index (κ1) is 18.7. The molecular weight excluding hydrogens is 326 g/mol. The van der Waals surface area contributed by atoms with E-state index in [-0.39, 0.29) is 0 Å². The Balaban J connectivity index is 2.45. The predicted octanol–water partition coefficient (Wildman–Crippen LogP) is 4.67. The first-order valence-corrected chi connectivity index (χ1v) is 8.85. The Morgan fingerprint density at radius 2 is 2.05 bits per heavy atom. The van der Waals surface area contributed by atoms with Crippen LogP contribution in [0.1, 0.15) is 38.7 Å². The number of methoxy groups -OCH3 is 1. The molecule has 0 saturated heterocycles. The third-order valence-corrected chi connectivity index (χ3v) is 4.22. The molecule has 0 fully saturated rings. The maximum absolute atomic E-state index is 5.10. The summed E-state index contributed by atoms with van der Waals surface area (Å²) in [6.45, 7) is 7.42. The third kappa shape index (κ3) is 9.28. The summed E-state index contributed by atoms with van der Waals surface area (Å²) in [5.74, 6) is 1.51. The third-order valence-electron chi connectivity index (χ3n) is 3.72. The minimum Gasteiger partial charge on any atom is -0.383 e. The minimum absolute atomic E-state index is 0.704. The Kier molecular flexibility index (Phi) is 9.98. The molecule has 120 valence electrons. The molecule has 0 heterocycles. The van der Waals surface area contributed by atoms with Crippen LogP contribution in [0.4, 0.5) is 0 Å². The average molecular weight is 356 g/mol. The fourth-order valence-corrected chi connectivity index (χ4v) is 3.02. The van der Waals surface area contributed by atoms with Gasteiger partial charge >= 0.3 is 0 Å². The highest BCUT2D eigenvalue weighted by Gasteiger charge is 2.10. The molecule has 0 saturated carbocycles. The Morgan fingerprint density at radius 1 is 1.24 bits per heavy atom. The van der Waals surface area contributed by atoms with Gasteiger partial charge in [0.1, 0.15) is 0 Å². The van der Waals surface area contributed by atoms with Gasteiger partial charge in [0.05, 0.1) is 6.61 Å². The summed E-state index contributed by atoms with van der Waals surface area (Å²) in [7, 11) is 1.75. The summed E-state index contributed by atoms with van der Waals surface area (Å²) in [6, 6.07) is 8.69. The number of ether oxygens (including phenoxy) is 1. The lowest BCUT2D eigenvalue weighted by molar-refractivity contribution is 0.197. The average Bonchev–Trinajstić information content (AvgIpc) is 2.43. The van der Waals surface area contributed by atoms with Gasteiger partial charge in [-0.05, 0) is 48.9 Å². The van der Waals surface area contributed by atoms with E-state index in [2.05, 4.69) is 59.4 Å². The van der Waals surface area contributed by atoms with Gasteiger partial charge in [-0.25, -0.2) is 0 Å². The molecule has 3 heteroatoms. The van der Waals surface area contributed by atoms with Crippen molar-refractivity contribution in [1.29, 1.82) is 0 Å². The molecule has 0 aromatic heterocycles. The fourth-order valence-electron chi connectivity index (χ4n) is 2.57. The molecule has 1 aromatic rings. The van der Waals surface area contributed by atoms with E-state index < -0.39 is 0 Å². The first-order chi connectivity index (χ1) is 10.1. The molecule has 0 radical (unpaired) electrons. The molecular formula is C18H30BrNO. The van der Waals surface area contributed by atoms with Crippen LogP contribution in [0.3, 0.4) is 0 Å². The van der Waals surface area contributed by atoms with E-state index in [4.69, 9.17) is 4.74 Å². The topological polar surface area (TPSA) is 21.3 Å². The van der Waals surface area contributed by atoms with E-state index >= 15 is 0 Å². The van der Waals surface area contributed by atoms with Crippen molar-refractivity contribution in [2.75, 3.05) is 26.8 Å². The van der Waals surface area contributed by atoms with Crippen molar-refractivity contribution in [2.45, 2.75) is 39.5 Å². The predicted molar refractivity (Wildman–Crippen MR) is 94.8 cm³/mol. The highest BCUT2D eigenvalue weighted by atomic mass is 79.9. The second kappa shape index (κ2) is 11.2. The van der Waals surface area contributed by atoms with Gasteiger partial charge < -0.3 is 10.1 Å². The monoisotopic (exact) mass is 355 g/mol. The molecule has 0 aliphatic heterocycles. The van der Waals surface area contributed by atoms with Crippen molar-refractivity contribution in [1.82, 2.24) is 5.32 Å². The van der Waals surface area contributed by atoms with Gasteiger partial charge in [-0.3, -0.25) is 0 Å². The molecule has 0 bridgehead atoms. The normalized spacial score (nSPS) is 12.8. The van der Waals surface area contributed by atoms with Crippen molar-refractivity contribution in [3.8, 4) is 0 Å². The summed E-state index contributed by atoms with van der Waals surface area (Å²) < 4.78 is 6.28. The molecule has 1 aromatic carbocycles. The van der Waals surface area contributed by atoms with Gasteiger partial charge in [0.15, 0.2) is 0 Å². The second-order valence-electron chi connectivity index (χ2n) is 6.22. The molecule has 21 heavy (non-hydrogen) atoms. The van der Waals surface area contributed by atoms with Crippen LogP contribution < -0.4 is 5.32 Å². The van der Waals surface area contributed by atoms with Crippen molar-refractivity contribution < 1.29 is 4.74 Å². The van der Waals surface area contributed by atoms with Crippen molar-refractivity contribution in [2.24, 2.45) is 11.8 Å². The maximum atomic E-state index is 5.10. The van der Waals surface area contributed by atoms with Gasteiger partial charge in [0.25, 0.3) is 0 Å². The zero-order valence-corrected chi connectivity index (χ0v) is 15.3. The molecule has 0 aliphatic carbocycles. The number of halogens is 1. The quantitative estimate of drug-likeness (QED) is 0.582. The lowest BCUT2D eigenvalue weighted by atomic mass is 9.92. The Morgan fingerprint density at radius 3 is 2.71 bits per heavy atom. The van der Waals surface area contributed by atoms with Crippen LogP contribution in [0, 0.1) is 11.8 Å². The summed E-state index contributed by atoms with van der Waals surface area (Å²) in [5.41, 5.74) is 1.42. The number of hydrogen-bond donors (Lipinski definition) is 1. The van der Waals surface area contributed by atoms with Crippen LogP contribution in [0.25, 0.3) is 0 Å². The van der Waals surface area contributed by atoms with Crippen LogP contribution >= 0.6 is 15.9 Å². The van der Waals surface area contributed by atoms with E-state index in [0.29, 0.717) is 5.92 Å². The lowest BCUT2D eigenvalue weighted by Gasteiger charge is -2.18. The van der Waals surface area contributed by atoms with E-state index in [1.54, 1.807) is 7.11 Å². The Bertz CT molecular complexity index is 381. The number of hydrogen-bond acceptors (Lipinski definition) is 2. The smallest absolute Gasteiger partial charge is 0.0587 e. The number of rotatable bonds is 11. The van der Waals surface area contributed by atoms with E-state index in [1.807, 2.05) is 0 Å². The van der Waals surface area contributed by atoms with Crippen molar-refractivity contribution in [3.05, 3.63) is 34.3 Å². The molecule has 0 spiro atoms. The summed E-state index contributed by atoms with van der Waals surface area (Å²) in [4.78, 5) is 0. The summed E-state index contributed by atoms with van der Waals surface area (Å²) >= 11 is 3.56. The van der Waals surface area contributed by atoms with Crippen molar-refractivity contribution in [3.63, 3.8) is 0 Å². The minimum atomic E-state index is 0.704. The summed E-state index contributed by atoms with van der Waals surface area (Å²) in [6.07, 6.45) is 5.09. The zero-order chi connectivity index (χ0) is 15.5. The van der Waals surface area contributed by atoms with E-state index in [1.165, 1.54) is 29.3 Å².